The van der Waals surface area contributed by atoms with Gasteiger partial charge >= 0.3 is 0 Å². The van der Waals surface area contributed by atoms with Crippen LogP contribution in [0.5, 0.6) is 0 Å². The van der Waals surface area contributed by atoms with Gasteiger partial charge < -0.3 is 15.6 Å². The van der Waals surface area contributed by atoms with Crippen LogP contribution in [-0.2, 0) is 13.1 Å². The van der Waals surface area contributed by atoms with E-state index in [1.54, 1.807) is 0 Å². The average Bonchev–Trinajstić information content (AvgIpc) is 3.30. The first-order valence-electron chi connectivity index (χ1n) is 11.4. The van der Waals surface area contributed by atoms with Crippen molar-refractivity contribution < 1.29 is 0 Å². The molecular formula is C27H26N6. The van der Waals surface area contributed by atoms with E-state index in [0.717, 1.165) is 31.1 Å². The van der Waals surface area contributed by atoms with Gasteiger partial charge in [0, 0.05) is 19.6 Å². The molecule has 33 heavy (non-hydrogen) atoms. The maximum absolute atomic E-state index is 4.96. The highest BCUT2D eigenvalue weighted by Gasteiger charge is 2.34. The molecule has 3 aromatic carbocycles. The first-order chi connectivity index (χ1) is 16.3. The standard InChI is InChI=1S/C27H26N6/c1-3-8-19(9-4-1)18-33-15-14-23-24-25(32-31-23)29-27(30-26(24)33)28-17-20-10-7-13-22(16-20)21-11-5-2-6-12-21/h1-13,16,23,31H,14-15,17-18H2,(H2,28,29,30,32). The Morgan fingerprint density at radius 2 is 1.61 bits per heavy atom. The van der Waals surface area contributed by atoms with E-state index in [2.05, 4.69) is 99.9 Å². The van der Waals surface area contributed by atoms with E-state index in [9.17, 15) is 0 Å². The molecule has 3 heterocycles. The van der Waals surface area contributed by atoms with Gasteiger partial charge in [0.05, 0.1) is 11.6 Å². The normalized spacial score (nSPS) is 16.2. The molecule has 3 N–H and O–H groups in total. The number of rotatable bonds is 6. The lowest BCUT2D eigenvalue weighted by Gasteiger charge is -2.32. The molecule has 6 rings (SSSR count). The van der Waals surface area contributed by atoms with E-state index in [1.165, 1.54) is 27.8 Å². The summed E-state index contributed by atoms with van der Waals surface area (Å²) in [4.78, 5) is 12.1. The topological polar surface area (TPSA) is 65.1 Å². The molecule has 1 atom stereocenters. The summed E-state index contributed by atoms with van der Waals surface area (Å²) in [6.45, 7) is 2.46. The van der Waals surface area contributed by atoms with Gasteiger partial charge in [-0.3, -0.25) is 0 Å². The number of nitrogens with one attached hydrogen (secondary N) is 3. The van der Waals surface area contributed by atoms with Crippen molar-refractivity contribution >= 4 is 17.6 Å². The Balaban J connectivity index is 1.25. The molecule has 6 nitrogen and oxygen atoms in total. The molecular weight excluding hydrogens is 408 g/mol. The first-order valence-corrected chi connectivity index (χ1v) is 11.4. The number of hydrogen-bond acceptors (Lipinski definition) is 6. The van der Waals surface area contributed by atoms with Gasteiger partial charge in [-0.1, -0.05) is 78.9 Å². The zero-order valence-electron chi connectivity index (χ0n) is 18.3. The third-order valence-corrected chi connectivity index (χ3v) is 6.33. The lowest BCUT2D eigenvalue weighted by atomic mass is 10.0. The quantitative estimate of drug-likeness (QED) is 0.391. The van der Waals surface area contributed by atoms with E-state index in [0.29, 0.717) is 12.5 Å². The third-order valence-electron chi connectivity index (χ3n) is 6.33. The third kappa shape index (κ3) is 4.01. The van der Waals surface area contributed by atoms with Gasteiger partial charge in [-0.05, 0) is 34.7 Å². The maximum Gasteiger partial charge on any atom is 0.226 e. The van der Waals surface area contributed by atoms with Crippen LogP contribution in [0, 0.1) is 0 Å². The summed E-state index contributed by atoms with van der Waals surface area (Å²) in [6, 6.07) is 29.9. The summed E-state index contributed by atoms with van der Waals surface area (Å²) >= 11 is 0. The Bertz CT molecular complexity index is 1260. The van der Waals surface area contributed by atoms with Crippen LogP contribution in [0.15, 0.2) is 84.9 Å². The molecule has 0 fully saturated rings. The summed E-state index contributed by atoms with van der Waals surface area (Å²) in [7, 11) is 0. The van der Waals surface area contributed by atoms with E-state index in [-0.39, 0.29) is 6.04 Å². The summed E-state index contributed by atoms with van der Waals surface area (Å²) in [5.41, 5.74) is 12.7. The Morgan fingerprint density at radius 1 is 0.848 bits per heavy atom. The predicted molar refractivity (Wildman–Crippen MR) is 133 cm³/mol. The van der Waals surface area contributed by atoms with Crippen molar-refractivity contribution in [3.63, 3.8) is 0 Å². The monoisotopic (exact) mass is 434 g/mol. The number of benzene rings is 3. The minimum Gasteiger partial charge on any atom is -0.352 e. The molecule has 0 spiro atoms. The molecule has 0 saturated carbocycles. The molecule has 0 bridgehead atoms. The summed E-state index contributed by atoms with van der Waals surface area (Å²) < 4.78 is 0. The van der Waals surface area contributed by atoms with Crippen LogP contribution in [0.1, 0.15) is 29.2 Å². The smallest absolute Gasteiger partial charge is 0.226 e. The fourth-order valence-corrected chi connectivity index (χ4v) is 4.66. The molecule has 2 aliphatic heterocycles. The highest BCUT2D eigenvalue weighted by Crippen LogP contribution is 2.41. The second kappa shape index (κ2) is 8.56. The highest BCUT2D eigenvalue weighted by molar-refractivity contribution is 5.68. The van der Waals surface area contributed by atoms with Gasteiger partial charge in [-0.25, -0.2) is 5.43 Å². The van der Waals surface area contributed by atoms with Crippen LogP contribution in [0.2, 0.25) is 0 Å². The van der Waals surface area contributed by atoms with Crippen molar-refractivity contribution in [2.24, 2.45) is 0 Å². The Hall–Kier alpha value is -3.90. The number of hydrogen-bond donors (Lipinski definition) is 3. The van der Waals surface area contributed by atoms with E-state index in [4.69, 9.17) is 9.97 Å². The second-order valence-electron chi connectivity index (χ2n) is 8.57. The lowest BCUT2D eigenvalue weighted by molar-refractivity contribution is 0.534. The molecule has 1 unspecified atom stereocenters. The van der Waals surface area contributed by atoms with Crippen molar-refractivity contribution in [2.45, 2.75) is 25.6 Å². The molecule has 0 saturated heterocycles. The highest BCUT2D eigenvalue weighted by atomic mass is 15.4. The number of hydrazine groups is 1. The number of anilines is 3. The number of aromatic nitrogens is 2. The van der Waals surface area contributed by atoms with Gasteiger partial charge in [0.15, 0.2) is 5.82 Å². The predicted octanol–water partition coefficient (Wildman–Crippen LogP) is 5.14. The van der Waals surface area contributed by atoms with Crippen LogP contribution < -0.4 is 21.1 Å². The minimum absolute atomic E-state index is 0.263. The molecule has 164 valence electrons. The van der Waals surface area contributed by atoms with Gasteiger partial charge in [0.1, 0.15) is 5.82 Å². The summed E-state index contributed by atoms with van der Waals surface area (Å²) in [5.74, 6) is 2.53. The van der Waals surface area contributed by atoms with Crippen molar-refractivity contribution in [1.82, 2.24) is 15.4 Å². The fourth-order valence-electron chi connectivity index (χ4n) is 4.66. The average molecular weight is 435 g/mol. The Labute approximate surface area is 193 Å². The fraction of sp³-hybridized carbons (Fsp3) is 0.185. The van der Waals surface area contributed by atoms with Crippen LogP contribution in [0.3, 0.4) is 0 Å². The van der Waals surface area contributed by atoms with Crippen LogP contribution in [-0.4, -0.2) is 16.5 Å². The number of nitrogens with zero attached hydrogens (tertiary/aromatic N) is 3. The zero-order valence-corrected chi connectivity index (χ0v) is 18.3. The van der Waals surface area contributed by atoms with E-state index >= 15 is 0 Å². The van der Waals surface area contributed by atoms with Gasteiger partial charge in [-0.2, -0.15) is 9.97 Å². The van der Waals surface area contributed by atoms with Crippen molar-refractivity contribution in [3.05, 3.63) is 102 Å². The molecule has 6 heteroatoms. The molecule has 1 aromatic heterocycles. The van der Waals surface area contributed by atoms with Crippen LogP contribution in [0.4, 0.5) is 17.6 Å². The maximum atomic E-state index is 4.96. The molecule has 0 aliphatic carbocycles. The minimum atomic E-state index is 0.263. The van der Waals surface area contributed by atoms with Crippen molar-refractivity contribution in [2.75, 3.05) is 22.2 Å². The SMILES string of the molecule is c1ccc(CN2CCC3NNc4nc(NCc5cccc(-c6ccccc6)c5)nc2c43)cc1. The Kier molecular flexibility index (Phi) is 5.13. The molecule has 0 radical (unpaired) electrons. The van der Waals surface area contributed by atoms with Crippen molar-refractivity contribution in [3.8, 4) is 11.1 Å². The first kappa shape index (κ1) is 19.8. The van der Waals surface area contributed by atoms with Gasteiger partial charge in [-0.15, -0.1) is 0 Å². The Morgan fingerprint density at radius 3 is 2.45 bits per heavy atom. The van der Waals surface area contributed by atoms with Crippen LogP contribution >= 0.6 is 0 Å². The summed E-state index contributed by atoms with van der Waals surface area (Å²) in [6.07, 6.45) is 1.03. The second-order valence-corrected chi connectivity index (χ2v) is 8.57. The zero-order chi connectivity index (χ0) is 22.0. The molecule has 2 aliphatic rings. The van der Waals surface area contributed by atoms with Crippen molar-refractivity contribution in [1.29, 1.82) is 0 Å². The largest absolute Gasteiger partial charge is 0.352 e. The van der Waals surface area contributed by atoms with E-state index < -0.39 is 0 Å². The molecule has 4 aromatic rings. The molecule has 0 amide bonds. The summed E-state index contributed by atoms with van der Waals surface area (Å²) in [5, 5.41) is 3.45. The van der Waals surface area contributed by atoms with Crippen LogP contribution in [0.25, 0.3) is 11.1 Å². The van der Waals surface area contributed by atoms with E-state index in [1.807, 2.05) is 6.07 Å². The van der Waals surface area contributed by atoms with Gasteiger partial charge in [0.2, 0.25) is 5.95 Å². The lowest BCUT2D eigenvalue weighted by Crippen LogP contribution is -2.34. The van der Waals surface area contributed by atoms with Gasteiger partial charge in [0.25, 0.3) is 0 Å².